The van der Waals surface area contributed by atoms with Crippen molar-refractivity contribution in [1.82, 2.24) is 5.32 Å². The fourth-order valence-electron chi connectivity index (χ4n) is 1.08. The molecule has 1 aromatic rings. The molecule has 0 saturated heterocycles. The van der Waals surface area contributed by atoms with Gasteiger partial charge in [-0.25, -0.2) is 0 Å². The first-order valence-corrected chi connectivity index (χ1v) is 6.24. The van der Waals surface area contributed by atoms with Crippen molar-refractivity contribution in [3.05, 3.63) is 28.2 Å². The average Bonchev–Trinajstić information content (AvgIpc) is 2.20. The molecule has 0 atom stereocenters. The van der Waals surface area contributed by atoms with Crippen molar-refractivity contribution in [3.8, 4) is 0 Å². The Bertz CT molecular complexity index is 395. The monoisotopic (exact) mass is 291 g/mol. The first kappa shape index (κ1) is 14.5. The normalized spacial score (nSPS) is 11.1. The van der Waals surface area contributed by atoms with Gasteiger partial charge in [-0.05, 0) is 38.2 Å². The Morgan fingerprint density at radius 3 is 2.35 bits per heavy atom. The van der Waals surface area contributed by atoms with E-state index < -0.39 is 0 Å². The summed E-state index contributed by atoms with van der Waals surface area (Å²) >= 11 is 17.1. The smallest absolute Gasteiger partial charge is 0.170 e. The van der Waals surface area contributed by atoms with E-state index in [0.29, 0.717) is 27.4 Å². The number of nitrogens with one attached hydrogen (secondary N) is 2. The van der Waals surface area contributed by atoms with Crippen molar-refractivity contribution in [2.24, 2.45) is 5.73 Å². The molecule has 0 fully saturated rings. The molecule has 0 aromatic heterocycles. The summed E-state index contributed by atoms with van der Waals surface area (Å²) in [6.07, 6.45) is 0. The van der Waals surface area contributed by atoms with Crippen LogP contribution in [0.15, 0.2) is 18.2 Å². The topological polar surface area (TPSA) is 50.1 Å². The quantitative estimate of drug-likeness (QED) is 0.750. The van der Waals surface area contributed by atoms with E-state index in [9.17, 15) is 0 Å². The molecule has 3 nitrogen and oxygen atoms in total. The van der Waals surface area contributed by atoms with Crippen LogP contribution in [0, 0.1) is 0 Å². The third-order valence-corrected chi connectivity index (χ3v) is 2.78. The first-order valence-electron chi connectivity index (χ1n) is 5.07. The zero-order chi connectivity index (χ0) is 13.1. The molecule has 1 aromatic carbocycles. The Morgan fingerprint density at radius 2 is 1.88 bits per heavy atom. The van der Waals surface area contributed by atoms with Gasteiger partial charge in [-0.2, -0.15) is 0 Å². The van der Waals surface area contributed by atoms with Crippen molar-refractivity contribution in [3.63, 3.8) is 0 Å². The van der Waals surface area contributed by atoms with Gasteiger partial charge < -0.3 is 16.4 Å². The van der Waals surface area contributed by atoms with Crippen molar-refractivity contribution in [2.75, 3.05) is 11.9 Å². The highest BCUT2D eigenvalue weighted by atomic mass is 35.5. The van der Waals surface area contributed by atoms with Gasteiger partial charge in [-0.1, -0.05) is 29.3 Å². The van der Waals surface area contributed by atoms with Gasteiger partial charge in [0, 0.05) is 12.1 Å². The average molecular weight is 292 g/mol. The van der Waals surface area contributed by atoms with Crippen LogP contribution < -0.4 is 16.4 Å². The molecule has 0 aliphatic rings. The summed E-state index contributed by atoms with van der Waals surface area (Å²) in [6.45, 7) is 4.37. The number of hydrogen-bond acceptors (Lipinski definition) is 2. The van der Waals surface area contributed by atoms with E-state index in [2.05, 4.69) is 10.6 Å². The minimum absolute atomic E-state index is 0.337. The highest BCUT2D eigenvalue weighted by Crippen LogP contribution is 2.29. The number of para-hydroxylation sites is 1. The molecule has 0 unspecified atom stereocenters. The number of halogens is 2. The highest BCUT2D eigenvalue weighted by Gasteiger charge is 2.12. The molecule has 0 aliphatic heterocycles. The zero-order valence-corrected chi connectivity index (χ0v) is 12.0. The van der Waals surface area contributed by atoms with Gasteiger partial charge in [0.05, 0.1) is 15.7 Å². The Hall–Kier alpha value is -0.550. The fourth-order valence-corrected chi connectivity index (χ4v) is 1.75. The fraction of sp³-hybridized carbons (Fsp3) is 0.364. The number of benzene rings is 1. The summed E-state index contributed by atoms with van der Waals surface area (Å²) in [5.41, 5.74) is 6.10. The van der Waals surface area contributed by atoms with Gasteiger partial charge in [0.2, 0.25) is 0 Å². The summed E-state index contributed by atoms with van der Waals surface area (Å²) < 4.78 is 0. The maximum Gasteiger partial charge on any atom is 0.170 e. The van der Waals surface area contributed by atoms with Crippen LogP contribution in [-0.4, -0.2) is 17.2 Å². The van der Waals surface area contributed by atoms with Crippen LogP contribution in [0.1, 0.15) is 13.8 Å². The predicted octanol–water partition coefficient (Wildman–Crippen LogP) is 3.02. The molecular weight excluding hydrogens is 277 g/mol. The predicted molar refractivity (Wildman–Crippen MR) is 79.0 cm³/mol. The molecule has 6 heteroatoms. The van der Waals surface area contributed by atoms with Crippen molar-refractivity contribution < 1.29 is 0 Å². The van der Waals surface area contributed by atoms with Crippen molar-refractivity contribution in [2.45, 2.75) is 19.4 Å². The lowest BCUT2D eigenvalue weighted by atomic mass is 10.1. The molecule has 17 heavy (non-hydrogen) atoms. The lowest BCUT2D eigenvalue weighted by Gasteiger charge is -2.21. The minimum atomic E-state index is -0.337. The van der Waals surface area contributed by atoms with E-state index in [-0.39, 0.29) is 5.54 Å². The van der Waals surface area contributed by atoms with E-state index >= 15 is 0 Å². The van der Waals surface area contributed by atoms with Crippen LogP contribution in [-0.2, 0) is 0 Å². The largest absolute Gasteiger partial charge is 0.361 e. The summed E-state index contributed by atoms with van der Waals surface area (Å²) in [5.74, 6) is 0. The third-order valence-electron chi connectivity index (χ3n) is 1.91. The van der Waals surface area contributed by atoms with Crippen molar-refractivity contribution in [1.29, 1.82) is 0 Å². The molecule has 4 N–H and O–H groups in total. The second kappa shape index (κ2) is 5.87. The molecule has 1 rings (SSSR count). The molecule has 0 heterocycles. The number of rotatable bonds is 3. The van der Waals surface area contributed by atoms with Gasteiger partial charge in [0.25, 0.3) is 0 Å². The van der Waals surface area contributed by atoms with Crippen LogP contribution >= 0.6 is 35.4 Å². The van der Waals surface area contributed by atoms with E-state index in [1.807, 2.05) is 13.8 Å². The number of thiocarbonyl (C=S) groups is 1. The summed E-state index contributed by atoms with van der Waals surface area (Å²) in [7, 11) is 0. The Morgan fingerprint density at radius 1 is 1.35 bits per heavy atom. The molecule has 0 radical (unpaired) electrons. The molecule has 0 amide bonds. The van der Waals surface area contributed by atoms with Gasteiger partial charge in [0.1, 0.15) is 0 Å². The van der Waals surface area contributed by atoms with Gasteiger partial charge >= 0.3 is 0 Å². The number of anilines is 1. The zero-order valence-electron chi connectivity index (χ0n) is 9.68. The standard InChI is InChI=1S/C11H15Cl2N3S/c1-11(2,14)6-15-10(17)16-9-7(12)4-3-5-8(9)13/h3-5H,6,14H2,1-2H3,(H2,15,16,17). The first-order chi connectivity index (χ1) is 7.79. The molecular formula is C11H15Cl2N3S. The minimum Gasteiger partial charge on any atom is -0.361 e. The summed E-state index contributed by atoms with van der Waals surface area (Å²) in [6, 6.07) is 5.26. The van der Waals surface area contributed by atoms with Crippen LogP contribution in [0.5, 0.6) is 0 Å². The third kappa shape index (κ3) is 5.08. The van der Waals surface area contributed by atoms with E-state index in [0.717, 1.165) is 0 Å². The molecule has 0 bridgehead atoms. The number of nitrogens with two attached hydrogens (primary N) is 1. The maximum absolute atomic E-state index is 6.00. The van der Waals surface area contributed by atoms with E-state index in [4.69, 9.17) is 41.2 Å². The lowest BCUT2D eigenvalue weighted by Crippen LogP contribution is -2.46. The van der Waals surface area contributed by atoms with Crippen LogP contribution in [0.3, 0.4) is 0 Å². The second-order valence-electron chi connectivity index (χ2n) is 4.39. The molecule has 0 aliphatic carbocycles. The maximum atomic E-state index is 6.00. The second-order valence-corrected chi connectivity index (χ2v) is 5.62. The summed E-state index contributed by atoms with van der Waals surface area (Å²) in [4.78, 5) is 0. The van der Waals surface area contributed by atoms with Crippen molar-refractivity contribution >= 4 is 46.2 Å². The van der Waals surface area contributed by atoms with Gasteiger partial charge in [-0.3, -0.25) is 0 Å². The Kier molecular flexibility index (Phi) is 5.01. The highest BCUT2D eigenvalue weighted by molar-refractivity contribution is 7.80. The molecule has 0 spiro atoms. The number of hydrogen-bond donors (Lipinski definition) is 3. The lowest BCUT2D eigenvalue weighted by molar-refractivity contribution is 0.509. The van der Waals surface area contributed by atoms with Crippen LogP contribution in [0.4, 0.5) is 5.69 Å². The van der Waals surface area contributed by atoms with Gasteiger partial charge in [0.15, 0.2) is 5.11 Å². The van der Waals surface area contributed by atoms with Gasteiger partial charge in [-0.15, -0.1) is 0 Å². The SMILES string of the molecule is CC(C)(N)CNC(=S)Nc1c(Cl)cccc1Cl. The molecule has 94 valence electrons. The Labute approximate surface area is 117 Å². The molecule has 0 saturated carbocycles. The summed E-state index contributed by atoms with van der Waals surface area (Å²) in [5, 5.41) is 7.44. The van der Waals surface area contributed by atoms with E-state index in [1.165, 1.54) is 0 Å². The van der Waals surface area contributed by atoms with E-state index in [1.54, 1.807) is 18.2 Å². The van der Waals surface area contributed by atoms with Crippen LogP contribution in [0.2, 0.25) is 10.0 Å². The van der Waals surface area contributed by atoms with Crippen LogP contribution in [0.25, 0.3) is 0 Å². The Balaban J connectivity index is 2.63.